The van der Waals surface area contributed by atoms with E-state index in [0.29, 0.717) is 37.1 Å². The fourth-order valence-corrected chi connectivity index (χ4v) is 2.33. The normalized spacial score (nSPS) is 15.3. The number of hydrogen-bond donors (Lipinski definition) is 14. The van der Waals surface area contributed by atoms with Gasteiger partial charge in [0.15, 0.2) is 56.1 Å². The predicted octanol–water partition coefficient (Wildman–Crippen LogP) is -9.84. The number of nitrogens with one attached hydrogen (secondary N) is 1. The average molecular weight is 905 g/mol. The molecule has 1 aromatic rings. The van der Waals surface area contributed by atoms with Crippen LogP contribution in [0.3, 0.4) is 0 Å². The number of ether oxygens (including phenoxy) is 2. The second kappa shape index (κ2) is 48.5. The van der Waals surface area contributed by atoms with Gasteiger partial charge in [-0.3, -0.25) is 4.79 Å². The molecule has 0 fully saturated rings. The molecule has 15 N–H and O–H groups in total. The highest BCUT2D eigenvalue weighted by Gasteiger charge is 2.19. The third kappa shape index (κ3) is 40.2. The molecule has 356 valence electrons. The number of aldehydes is 10. The predicted molar refractivity (Wildman–Crippen MR) is 205 cm³/mol. The molecule has 0 aliphatic rings. The monoisotopic (exact) mass is 904 g/mol. The summed E-state index contributed by atoms with van der Waals surface area (Å²) >= 11 is 0. The van der Waals surface area contributed by atoms with Crippen LogP contribution in [0.5, 0.6) is 0 Å². The Morgan fingerprint density at radius 1 is 0.548 bits per heavy atom. The number of carbonyl (C=O) groups excluding carboxylic acids is 11. The third-order valence-corrected chi connectivity index (χ3v) is 5.98. The zero-order chi connectivity index (χ0) is 49.6. The SMILES string of the molecule is COC(C=O)C(C=O)OC.NC(C=O)C(O)C=O.O=C(CO)C(O)CO.O=CC(O)C(C=O)Nc1ccccc1.O=CC(O)C(O)C=O.O=CC(O)C(O)CO.O=CC(O)CO. The maximum absolute atomic E-state index is 10.5. The van der Waals surface area contributed by atoms with Crippen LogP contribution in [-0.2, 0) is 62.2 Å². The fourth-order valence-electron chi connectivity index (χ4n) is 2.33. The quantitative estimate of drug-likeness (QED) is 0.0428. The number of aliphatic hydroxyl groups is 12. The van der Waals surface area contributed by atoms with Crippen LogP contribution in [0.15, 0.2) is 30.3 Å². The minimum absolute atomic E-state index is 0.0963. The molecule has 0 amide bonds. The zero-order valence-corrected chi connectivity index (χ0v) is 33.2. The number of aliphatic hydroxyl groups excluding tert-OH is 12. The summed E-state index contributed by atoms with van der Waals surface area (Å²) in [5.41, 5.74) is 5.56. The lowest BCUT2D eigenvalue weighted by atomic mass is 10.2. The largest absolute Gasteiger partial charge is 0.394 e. The van der Waals surface area contributed by atoms with Crippen LogP contribution in [0.2, 0.25) is 0 Å². The van der Waals surface area contributed by atoms with Crippen LogP contribution in [0.1, 0.15) is 0 Å². The number of para-hydroxylation sites is 1. The Balaban J connectivity index is -0.000000150. The summed E-state index contributed by atoms with van der Waals surface area (Å²) in [7, 11) is 2.68. The Bertz CT molecular complexity index is 1250. The molecule has 1 rings (SSSR count). The van der Waals surface area contributed by atoms with Crippen molar-refractivity contribution in [2.45, 2.75) is 73.1 Å². The molecule has 0 bridgehead atoms. The van der Waals surface area contributed by atoms with Gasteiger partial charge in [-0.05, 0) is 12.1 Å². The molecular weight excluding hydrogens is 848 g/mol. The summed E-state index contributed by atoms with van der Waals surface area (Å²) in [6.07, 6.45) is -9.73. The van der Waals surface area contributed by atoms with Gasteiger partial charge in [0, 0.05) is 19.9 Å². The first-order valence-corrected chi connectivity index (χ1v) is 16.8. The maximum Gasteiger partial charge on any atom is 0.188 e. The van der Waals surface area contributed by atoms with E-state index in [1.165, 1.54) is 14.2 Å². The van der Waals surface area contributed by atoms with E-state index in [2.05, 4.69) is 14.8 Å². The van der Waals surface area contributed by atoms with E-state index in [1.54, 1.807) is 24.3 Å². The van der Waals surface area contributed by atoms with E-state index in [1.807, 2.05) is 6.07 Å². The molecule has 0 aromatic heterocycles. The standard InChI is InChI=1S/C10H11NO3.C6H10O4.C4H7NO3.2C4H8O4.C4H6O4.C3H6O3/c12-6-9(10(14)7-13)11-8-4-2-1-3-5-8;1-9-5(3-7)6(4-8)10-2;5-3(1-6)4(8)2-7;3*5-1-3(7)4(8)2-6;4-1-3(6)2-5/h1-7,9-11,14H;3-6H,1-2H3;1-4,8H,5H2;3,5-7H,1-2H2;1,3-4,6-8H,2H2;1-4,7-8H;1,3,5-6H,2H2. The summed E-state index contributed by atoms with van der Waals surface area (Å²) < 4.78 is 9.24. The highest BCUT2D eigenvalue weighted by Crippen LogP contribution is 2.07. The smallest absolute Gasteiger partial charge is 0.188 e. The molecule has 0 radical (unpaired) electrons. The van der Waals surface area contributed by atoms with Crippen molar-refractivity contribution in [3.63, 3.8) is 0 Å². The van der Waals surface area contributed by atoms with Crippen molar-refractivity contribution in [1.82, 2.24) is 0 Å². The lowest BCUT2D eigenvalue weighted by molar-refractivity contribution is -0.134. The third-order valence-electron chi connectivity index (χ3n) is 5.98. The van der Waals surface area contributed by atoms with Crippen molar-refractivity contribution in [3.8, 4) is 0 Å². The minimum Gasteiger partial charge on any atom is -0.394 e. The number of methoxy groups -OCH3 is 2. The number of hydrogen-bond acceptors (Lipinski definition) is 27. The van der Waals surface area contributed by atoms with Gasteiger partial charge >= 0.3 is 0 Å². The van der Waals surface area contributed by atoms with Gasteiger partial charge in [-0.2, -0.15) is 0 Å². The van der Waals surface area contributed by atoms with Crippen molar-refractivity contribution in [2.75, 3.05) is 46.0 Å². The van der Waals surface area contributed by atoms with Crippen molar-refractivity contribution in [2.24, 2.45) is 5.73 Å². The molecule has 27 nitrogen and oxygen atoms in total. The van der Waals surface area contributed by atoms with Crippen LogP contribution in [-0.4, -0.2) is 244 Å². The molecule has 1 aromatic carbocycles. The molecule has 0 saturated heterocycles. The van der Waals surface area contributed by atoms with Gasteiger partial charge in [0.05, 0.1) is 25.9 Å². The van der Waals surface area contributed by atoms with E-state index in [9.17, 15) is 52.7 Å². The number of Topliss-reactive ketones (excluding diaryl/α,β-unsaturated/α-hetero) is 1. The summed E-state index contributed by atoms with van der Waals surface area (Å²) in [5.74, 6) is -0.757. The van der Waals surface area contributed by atoms with E-state index < -0.39 is 105 Å². The molecule has 0 spiro atoms. The minimum atomic E-state index is -1.58. The van der Waals surface area contributed by atoms with Gasteiger partial charge in [-0.1, -0.05) is 18.2 Å². The first-order valence-electron chi connectivity index (χ1n) is 16.8. The highest BCUT2D eigenvalue weighted by atomic mass is 16.5. The van der Waals surface area contributed by atoms with E-state index in [0.717, 1.165) is 0 Å². The Morgan fingerprint density at radius 2 is 0.968 bits per heavy atom. The Morgan fingerprint density at radius 3 is 1.16 bits per heavy atom. The van der Waals surface area contributed by atoms with Gasteiger partial charge in [0.25, 0.3) is 0 Å². The second-order valence-corrected chi connectivity index (χ2v) is 10.7. The van der Waals surface area contributed by atoms with Crippen molar-refractivity contribution >= 4 is 74.3 Å². The van der Waals surface area contributed by atoms with Crippen LogP contribution in [0.25, 0.3) is 0 Å². The highest BCUT2D eigenvalue weighted by molar-refractivity contribution is 5.83. The van der Waals surface area contributed by atoms with E-state index in [4.69, 9.17) is 67.0 Å². The number of ketones is 1. The van der Waals surface area contributed by atoms with Gasteiger partial charge < -0.3 is 130 Å². The van der Waals surface area contributed by atoms with Crippen LogP contribution in [0.4, 0.5) is 5.69 Å². The average Bonchev–Trinajstić information content (AvgIpc) is 3.33. The lowest BCUT2D eigenvalue weighted by Gasteiger charge is -2.15. The summed E-state index contributed by atoms with van der Waals surface area (Å²) in [6, 6.07) is 6.93. The molecule has 0 aliphatic carbocycles. The van der Waals surface area contributed by atoms with E-state index in [-0.39, 0.29) is 31.4 Å². The zero-order valence-electron chi connectivity index (χ0n) is 33.2. The Kier molecular flexibility index (Phi) is 53.6. The second-order valence-electron chi connectivity index (χ2n) is 10.7. The number of anilines is 1. The summed E-state index contributed by atoms with van der Waals surface area (Å²) in [4.78, 5) is 108. The molecule has 12 unspecified atom stereocenters. The van der Waals surface area contributed by atoms with Crippen molar-refractivity contribution in [1.29, 1.82) is 0 Å². The van der Waals surface area contributed by atoms with Gasteiger partial charge in [0.2, 0.25) is 0 Å². The molecule has 62 heavy (non-hydrogen) atoms. The fraction of sp³-hybridized carbons (Fsp3) is 0.514. The van der Waals surface area contributed by atoms with Crippen LogP contribution >= 0.6 is 0 Å². The van der Waals surface area contributed by atoms with Crippen molar-refractivity contribution in [3.05, 3.63) is 30.3 Å². The first-order chi connectivity index (χ1) is 29.3. The van der Waals surface area contributed by atoms with Crippen molar-refractivity contribution < 1.29 is 123 Å². The first kappa shape index (κ1) is 68.5. The Hall–Kier alpha value is -5.21. The number of benzene rings is 1. The van der Waals surface area contributed by atoms with Crippen LogP contribution in [0, 0.1) is 0 Å². The molecule has 0 saturated carbocycles. The number of rotatable bonds is 24. The molecule has 0 aliphatic heterocycles. The Labute approximate surface area is 352 Å². The van der Waals surface area contributed by atoms with Gasteiger partial charge in [0.1, 0.15) is 86.3 Å². The summed E-state index contributed by atoms with van der Waals surface area (Å²) in [5, 5.41) is 102. The maximum atomic E-state index is 10.5. The van der Waals surface area contributed by atoms with Crippen LogP contribution < -0.4 is 11.1 Å². The molecule has 12 atom stereocenters. The molecular formula is C35H56N2O25. The van der Waals surface area contributed by atoms with Gasteiger partial charge in [-0.25, -0.2) is 0 Å². The molecule has 27 heteroatoms. The molecule has 0 heterocycles. The number of carbonyl (C=O) groups is 11. The van der Waals surface area contributed by atoms with Gasteiger partial charge in [-0.15, -0.1) is 0 Å². The topological polar surface area (TPSA) is 487 Å². The summed E-state index contributed by atoms with van der Waals surface area (Å²) in [6.45, 7) is -2.43. The lowest BCUT2D eigenvalue weighted by Crippen LogP contribution is -2.36. The number of nitrogens with two attached hydrogens (primary N) is 1. The van der Waals surface area contributed by atoms with E-state index >= 15 is 0 Å².